The molecule has 1 aliphatic heterocycles. The molecule has 1 atom stereocenters. The van der Waals surface area contributed by atoms with Crippen LogP contribution in [-0.2, 0) is 0 Å². The first-order chi connectivity index (χ1) is 5.83. The van der Waals surface area contributed by atoms with Crippen molar-refractivity contribution < 1.29 is 0 Å². The molecular weight excluding hydrogens is 148 g/mol. The zero-order chi connectivity index (χ0) is 8.81. The van der Waals surface area contributed by atoms with E-state index in [2.05, 4.69) is 23.7 Å². The van der Waals surface area contributed by atoms with Crippen molar-refractivity contribution >= 4 is 6.34 Å². The predicted molar refractivity (Wildman–Crippen MR) is 53.7 cm³/mol. The van der Waals surface area contributed by atoms with Gasteiger partial charge in [-0.2, -0.15) is 0 Å². The summed E-state index contributed by atoms with van der Waals surface area (Å²) in [5.74, 6) is 0. The number of hydrogen-bond acceptors (Lipinski definition) is 1. The molecule has 0 spiro atoms. The smallest absolute Gasteiger partial charge is 0.0853 e. The van der Waals surface area contributed by atoms with E-state index in [0.717, 1.165) is 6.42 Å². The van der Waals surface area contributed by atoms with Crippen molar-refractivity contribution in [3.8, 4) is 0 Å². The van der Waals surface area contributed by atoms with Crippen molar-refractivity contribution in [2.24, 2.45) is 4.99 Å². The average molecular weight is 168 g/mol. The van der Waals surface area contributed by atoms with E-state index in [1.54, 1.807) is 0 Å². The van der Waals surface area contributed by atoms with Crippen molar-refractivity contribution in [3.05, 3.63) is 0 Å². The van der Waals surface area contributed by atoms with Gasteiger partial charge in [-0.25, -0.2) is 0 Å². The molecule has 0 aromatic heterocycles. The molecule has 1 fully saturated rings. The van der Waals surface area contributed by atoms with Crippen molar-refractivity contribution in [1.82, 2.24) is 4.90 Å². The summed E-state index contributed by atoms with van der Waals surface area (Å²) in [6.45, 7) is 6.76. The van der Waals surface area contributed by atoms with Gasteiger partial charge in [0.15, 0.2) is 0 Å². The standard InChI is InChI=1S/C10H20N2/c1-3-10(2)11-9-12-7-5-4-6-8-12/h9-10H,3-8H2,1-2H3/b11-9+. The number of piperidine rings is 1. The van der Waals surface area contributed by atoms with Crippen LogP contribution in [0.5, 0.6) is 0 Å². The van der Waals surface area contributed by atoms with E-state index in [-0.39, 0.29) is 0 Å². The topological polar surface area (TPSA) is 15.6 Å². The molecule has 0 N–H and O–H groups in total. The van der Waals surface area contributed by atoms with E-state index in [1.807, 2.05) is 6.34 Å². The second-order valence-corrected chi connectivity index (χ2v) is 3.62. The van der Waals surface area contributed by atoms with Crippen LogP contribution in [0.2, 0.25) is 0 Å². The lowest BCUT2D eigenvalue weighted by atomic mass is 10.1. The zero-order valence-electron chi connectivity index (χ0n) is 8.29. The Labute approximate surface area is 75.7 Å². The molecule has 1 heterocycles. The van der Waals surface area contributed by atoms with Gasteiger partial charge in [0, 0.05) is 19.1 Å². The quantitative estimate of drug-likeness (QED) is 0.466. The molecular formula is C10H20N2. The minimum Gasteiger partial charge on any atom is -0.363 e. The Bertz CT molecular complexity index is 137. The summed E-state index contributed by atoms with van der Waals surface area (Å²) in [6, 6.07) is 0.493. The van der Waals surface area contributed by atoms with Gasteiger partial charge in [0.25, 0.3) is 0 Å². The van der Waals surface area contributed by atoms with E-state index in [9.17, 15) is 0 Å². The van der Waals surface area contributed by atoms with Crippen LogP contribution >= 0.6 is 0 Å². The Hall–Kier alpha value is -0.530. The summed E-state index contributed by atoms with van der Waals surface area (Å²) >= 11 is 0. The van der Waals surface area contributed by atoms with Crippen LogP contribution in [0.25, 0.3) is 0 Å². The molecule has 1 unspecified atom stereocenters. The highest BCUT2D eigenvalue weighted by Gasteiger charge is 2.05. The van der Waals surface area contributed by atoms with E-state index >= 15 is 0 Å². The highest BCUT2D eigenvalue weighted by atomic mass is 15.1. The molecule has 1 aliphatic rings. The molecule has 1 rings (SSSR count). The third kappa shape index (κ3) is 3.24. The maximum atomic E-state index is 4.47. The van der Waals surface area contributed by atoms with Gasteiger partial charge in [0.1, 0.15) is 0 Å². The number of aliphatic imine (C=N–C) groups is 1. The molecule has 0 radical (unpaired) electrons. The molecule has 0 aromatic rings. The van der Waals surface area contributed by atoms with Crippen molar-refractivity contribution in [1.29, 1.82) is 0 Å². The lowest BCUT2D eigenvalue weighted by molar-refractivity contribution is 0.349. The first-order valence-corrected chi connectivity index (χ1v) is 5.10. The van der Waals surface area contributed by atoms with Gasteiger partial charge < -0.3 is 4.90 Å². The Morgan fingerprint density at radius 3 is 2.58 bits per heavy atom. The van der Waals surface area contributed by atoms with Crippen molar-refractivity contribution in [2.75, 3.05) is 13.1 Å². The minimum absolute atomic E-state index is 0.493. The molecule has 0 aliphatic carbocycles. The Kier molecular flexibility index (Phi) is 4.12. The first kappa shape index (κ1) is 9.56. The second-order valence-electron chi connectivity index (χ2n) is 3.62. The first-order valence-electron chi connectivity index (χ1n) is 5.10. The van der Waals surface area contributed by atoms with Crippen LogP contribution < -0.4 is 0 Å². The molecule has 2 heteroatoms. The van der Waals surface area contributed by atoms with Crippen LogP contribution in [0, 0.1) is 0 Å². The number of hydrogen-bond donors (Lipinski definition) is 0. The van der Waals surface area contributed by atoms with Gasteiger partial charge >= 0.3 is 0 Å². The fourth-order valence-electron chi connectivity index (χ4n) is 1.35. The predicted octanol–water partition coefficient (Wildman–Crippen LogP) is 2.30. The highest BCUT2D eigenvalue weighted by molar-refractivity contribution is 5.55. The third-order valence-electron chi connectivity index (χ3n) is 2.47. The van der Waals surface area contributed by atoms with Crippen LogP contribution in [0.4, 0.5) is 0 Å². The van der Waals surface area contributed by atoms with Gasteiger partial charge in [-0.05, 0) is 32.6 Å². The van der Waals surface area contributed by atoms with Crippen LogP contribution in [0.3, 0.4) is 0 Å². The largest absolute Gasteiger partial charge is 0.363 e. The molecule has 0 bridgehead atoms. The maximum absolute atomic E-state index is 4.47. The highest BCUT2D eigenvalue weighted by Crippen LogP contribution is 2.06. The summed E-state index contributed by atoms with van der Waals surface area (Å²) < 4.78 is 0. The fourth-order valence-corrected chi connectivity index (χ4v) is 1.35. The number of likely N-dealkylation sites (tertiary alicyclic amines) is 1. The van der Waals surface area contributed by atoms with E-state index in [0.29, 0.717) is 6.04 Å². The average Bonchev–Trinajstić information content (AvgIpc) is 2.16. The Morgan fingerprint density at radius 1 is 1.33 bits per heavy atom. The van der Waals surface area contributed by atoms with Gasteiger partial charge in [0.2, 0.25) is 0 Å². The molecule has 2 nitrogen and oxygen atoms in total. The number of rotatable bonds is 3. The lowest BCUT2D eigenvalue weighted by Gasteiger charge is -2.24. The lowest BCUT2D eigenvalue weighted by Crippen LogP contribution is -2.28. The SMILES string of the molecule is CCC(C)/N=C/N1CCCCC1. The van der Waals surface area contributed by atoms with Crippen molar-refractivity contribution in [2.45, 2.75) is 45.6 Å². The Balaban J connectivity index is 2.23. The Morgan fingerprint density at radius 2 is 2.00 bits per heavy atom. The second kappa shape index (κ2) is 5.18. The van der Waals surface area contributed by atoms with Gasteiger partial charge in [0.05, 0.1) is 6.34 Å². The van der Waals surface area contributed by atoms with Gasteiger partial charge in [-0.3, -0.25) is 4.99 Å². The molecule has 0 aromatic carbocycles. The summed E-state index contributed by atoms with van der Waals surface area (Å²) in [5.41, 5.74) is 0. The summed E-state index contributed by atoms with van der Waals surface area (Å²) in [4.78, 5) is 6.81. The zero-order valence-corrected chi connectivity index (χ0v) is 8.29. The minimum atomic E-state index is 0.493. The van der Waals surface area contributed by atoms with Crippen LogP contribution in [0.1, 0.15) is 39.5 Å². The van der Waals surface area contributed by atoms with E-state index in [4.69, 9.17) is 0 Å². The molecule has 0 amide bonds. The maximum Gasteiger partial charge on any atom is 0.0853 e. The molecule has 1 saturated heterocycles. The fraction of sp³-hybridized carbons (Fsp3) is 0.900. The number of nitrogens with zero attached hydrogens (tertiary/aromatic N) is 2. The van der Waals surface area contributed by atoms with Crippen molar-refractivity contribution in [3.63, 3.8) is 0 Å². The molecule has 0 saturated carbocycles. The van der Waals surface area contributed by atoms with E-state index in [1.165, 1.54) is 32.4 Å². The van der Waals surface area contributed by atoms with E-state index < -0.39 is 0 Å². The summed E-state index contributed by atoms with van der Waals surface area (Å²) in [7, 11) is 0. The normalized spacial score (nSPS) is 21.7. The van der Waals surface area contributed by atoms with Gasteiger partial charge in [-0.15, -0.1) is 0 Å². The summed E-state index contributed by atoms with van der Waals surface area (Å²) in [5, 5.41) is 0. The van der Waals surface area contributed by atoms with Gasteiger partial charge in [-0.1, -0.05) is 6.92 Å². The summed E-state index contributed by atoms with van der Waals surface area (Å²) in [6.07, 6.45) is 7.27. The molecule has 70 valence electrons. The monoisotopic (exact) mass is 168 g/mol. The van der Waals surface area contributed by atoms with Crippen LogP contribution in [0.15, 0.2) is 4.99 Å². The molecule has 12 heavy (non-hydrogen) atoms. The van der Waals surface area contributed by atoms with Crippen LogP contribution in [-0.4, -0.2) is 30.4 Å². The third-order valence-corrected chi connectivity index (χ3v) is 2.47.